The lowest BCUT2D eigenvalue weighted by Gasteiger charge is -2.12. The SMILES string of the molecule is CN(C)c1ccc(/C=C2\CCn3c2[n+](C)c2sc4c(c2c3=O)CCCC4)cc1. The maximum absolute atomic E-state index is 13.3. The Bertz CT molecular complexity index is 1170. The molecule has 0 bridgehead atoms. The number of hydrogen-bond donors (Lipinski definition) is 0. The molecule has 0 fully saturated rings. The van der Waals surface area contributed by atoms with Gasteiger partial charge in [-0.2, -0.15) is 4.57 Å². The third-order valence-corrected chi connectivity index (χ3v) is 7.50. The van der Waals surface area contributed by atoms with Gasteiger partial charge in [-0.3, -0.25) is 0 Å². The van der Waals surface area contributed by atoms with E-state index >= 15 is 0 Å². The van der Waals surface area contributed by atoms with Crippen molar-refractivity contribution in [2.75, 3.05) is 19.0 Å². The molecule has 4 nitrogen and oxygen atoms in total. The fourth-order valence-corrected chi connectivity index (χ4v) is 6.01. The van der Waals surface area contributed by atoms with Crippen LogP contribution in [0.15, 0.2) is 29.1 Å². The molecule has 28 heavy (non-hydrogen) atoms. The molecule has 3 aromatic rings. The lowest BCUT2D eigenvalue weighted by atomic mass is 9.97. The number of hydrogen-bond acceptors (Lipinski definition) is 3. The first-order valence-corrected chi connectivity index (χ1v) is 10.9. The molecule has 0 saturated heterocycles. The van der Waals surface area contributed by atoms with Gasteiger partial charge >= 0.3 is 5.56 Å². The molecule has 5 rings (SSSR count). The number of aromatic nitrogens is 2. The second-order valence-electron chi connectivity index (χ2n) is 8.14. The topological polar surface area (TPSA) is 29.1 Å². The molecule has 0 atom stereocenters. The van der Waals surface area contributed by atoms with E-state index in [2.05, 4.69) is 61.0 Å². The first-order valence-electron chi connectivity index (χ1n) is 10.1. The number of aryl methyl sites for hydroxylation is 3. The minimum atomic E-state index is 0.217. The Balaban J connectivity index is 1.65. The Hall–Kier alpha value is -2.40. The van der Waals surface area contributed by atoms with E-state index < -0.39 is 0 Å². The minimum absolute atomic E-state index is 0.217. The third-order valence-electron chi connectivity index (χ3n) is 6.13. The van der Waals surface area contributed by atoms with Crippen molar-refractivity contribution in [2.45, 2.75) is 38.6 Å². The van der Waals surface area contributed by atoms with Gasteiger partial charge in [0.25, 0.3) is 5.82 Å². The summed E-state index contributed by atoms with van der Waals surface area (Å²) in [6.07, 6.45) is 7.81. The molecule has 5 heteroatoms. The van der Waals surface area contributed by atoms with Gasteiger partial charge in [-0.15, -0.1) is 0 Å². The van der Waals surface area contributed by atoms with Crippen molar-refractivity contribution in [3.63, 3.8) is 0 Å². The Kier molecular flexibility index (Phi) is 4.16. The van der Waals surface area contributed by atoms with Crippen LogP contribution in [0.2, 0.25) is 0 Å². The average Bonchev–Trinajstić information content (AvgIpc) is 3.29. The zero-order valence-electron chi connectivity index (χ0n) is 16.8. The summed E-state index contributed by atoms with van der Waals surface area (Å²) in [5, 5.41) is 0.988. The molecule has 144 valence electrons. The van der Waals surface area contributed by atoms with Crippen molar-refractivity contribution in [1.29, 1.82) is 0 Å². The van der Waals surface area contributed by atoms with Gasteiger partial charge in [0.05, 0.1) is 13.6 Å². The van der Waals surface area contributed by atoms with E-state index in [1.165, 1.54) is 40.1 Å². The number of anilines is 1. The molecule has 0 spiro atoms. The van der Waals surface area contributed by atoms with Crippen molar-refractivity contribution in [3.05, 3.63) is 56.4 Å². The van der Waals surface area contributed by atoms with Crippen LogP contribution in [0.4, 0.5) is 5.69 Å². The smallest absolute Gasteiger partial charge is 0.346 e. The summed E-state index contributed by atoms with van der Waals surface area (Å²) in [6.45, 7) is 0.782. The molecule has 0 amide bonds. The fraction of sp³-hybridized carbons (Fsp3) is 0.391. The van der Waals surface area contributed by atoms with Gasteiger partial charge in [-0.25, -0.2) is 9.36 Å². The van der Waals surface area contributed by atoms with Crippen LogP contribution in [0.25, 0.3) is 21.9 Å². The number of nitrogens with zero attached hydrogens (tertiary/aromatic N) is 3. The van der Waals surface area contributed by atoms with Gasteiger partial charge in [-0.05, 0) is 55.0 Å². The van der Waals surface area contributed by atoms with Gasteiger partial charge in [0.2, 0.25) is 0 Å². The Morgan fingerprint density at radius 3 is 2.61 bits per heavy atom. The summed E-state index contributed by atoms with van der Waals surface area (Å²) >= 11 is 1.84. The molecule has 1 aliphatic heterocycles. The van der Waals surface area contributed by atoms with Crippen molar-refractivity contribution in [1.82, 2.24) is 4.57 Å². The number of allylic oxidation sites excluding steroid dienone is 1. The normalized spacial score (nSPS) is 17.2. The Morgan fingerprint density at radius 2 is 1.86 bits per heavy atom. The predicted octanol–water partition coefficient (Wildman–Crippen LogP) is 3.78. The van der Waals surface area contributed by atoms with Crippen LogP contribution in [0.5, 0.6) is 0 Å². The standard InChI is InChI=1S/C23H26N3OS/c1-24(2)17-10-8-15(9-11-17)14-16-12-13-26-21(16)25(3)23-20(22(26)27)18-6-4-5-7-19(18)28-23/h8-11,14H,4-7,12-13H2,1-3H3/q+1. The largest absolute Gasteiger partial charge is 0.378 e. The second-order valence-corrected chi connectivity index (χ2v) is 9.22. The van der Waals surface area contributed by atoms with Crippen LogP contribution in [0, 0.1) is 0 Å². The van der Waals surface area contributed by atoms with E-state index in [-0.39, 0.29) is 5.56 Å². The van der Waals surface area contributed by atoms with E-state index in [4.69, 9.17) is 0 Å². The highest BCUT2D eigenvalue weighted by atomic mass is 32.1. The second kappa shape index (κ2) is 6.59. The summed E-state index contributed by atoms with van der Waals surface area (Å²) in [5.74, 6) is 1.08. The number of rotatable bonds is 2. The zero-order valence-corrected chi connectivity index (χ0v) is 17.6. The third kappa shape index (κ3) is 2.64. The van der Waals surface area contributed by atoms with E-state index in [0.29, 0.717) is 0 Å². The van der Waals surface area contributed by atoms with E-state index in [0.717, 1.165) is 41.8 Å². The Labute approximate surface area is 169 Å². The quantitative estimate of drug-likeness (QED) is 0.621. The first-order chi connectivity index (χ1) is 13.5. The summed E-state index contributed by atoms with van der Waals surface area (Å²) in [4.78, 5) is 18.0. The fourth-order valence-electron chi connectivity index (χ4n) is 4.66. The van der Waals surface area contributed by atoms with Gasteiger partial charge < -0.3 is 4.90 Å². The molecule has 2 aromatic heterocycles. The number of fused-ring (bicyclic) bond motifs is 4. The predicted molar refractivity (Wildman–Crippen MR) is 117 cm³/mol. The highest BCUT2D eigenvalue weighted by molar-refractivity contribution is 7.18. The minimum Gasteiger partial charge on any atom is -0.378 e. The molecular formula is C23H26N3OS+. The molecule has 2 aliphatic rings. The molecule has 0 N–H and O–H groups in total. The molecule has 0 radical (unpaired) electrons. The maximum atomic E-state index is 13.3. The van der Waals surface area contributed by atoms with Crippen molar-refractivity contribution >= 4 is 38.9 Å². The van der Waals surface area contributed by atoms with Crippen LogP contribution in [-0.2, 0) is 26.4 Å². The van der Waals surface area contributed by atoms with Crippen LogP contribution >= 0.6 is 11.3 Å². The number of thiophene rings is 1. The van der Waals surface area contributed by atoms with Crippen LogP contribution < -0.4 is 15.0 Å². The van der Waals surface area contributed by atoms with Gasteiger partial charge in [0.1, 0.15) is 5.39 Å². The number of benzene rings is 1. The lowest BCUT2D eigenvalue weighted by molar-refractivity contribution is -0.649. The summed E-state index contributed by atoms with van der Waals surface area (Å²) < 4.78 is 4.27. The average molecular weight is 393 g/mol. The highest BCUT2D eigenvalue weighted by Gasteiger charge is 2.33. The molecule has 0 unspecified atom stereocenters. The summed E-state index contributed by atoms with van der Waals surface area (Å²) in [5.41, 5.74) is 5.19. The molecule has 1 aromatic carbocycles. The van der Waals surface area contributed by atoms with Gasteiger partial charge in [0, 0.05) is 36.7 Å². The van der Waals surface area contributed by atoms with E-state index in [1.54, 1.807) is 0 Å². The first kappa shape index (κ1) is 17.7. The van der Waals surface area contributed by atoms with Crippen molar-refractivity contribution in [3.8, 4) is 0 Å². The highest BCUT2D eigenvalue weighted by Crippen LogP contribution is 2.35. The Morgan fingerprint density at radius 1 is 1.11 bits per heavy atom. The van der Waals surface area contributed by atoms with Crippen LogP contribution in [0.1, 0.15) is 41.1 Å². The monoisotopic (exact) mass is 392 g/mol. The van der Waals surface area contributed by atoms with Crippen LogP contribution in [-0.4, -0.2) is 18.7 Å². The lowest BCUT2D eigenvalue weighted by Crippen LogP contribution is -2.40. The van der Waals surface area contributed by atoms with Crippen molar-refractivity contribution in [2.24, 2.45) is 7.05 Å². The maximum Gasteiger partial charge on any atom is 0.346 e. The van der Waals surface area contributed by atoms with Gasteiger partial charge in [-0.1, -0.05) is 23.5 Å². The van der Waals surface area contributed by atoms with E-state index in [9.17, 15) is 4.79 Å². The zero-order chi connectivity index (χ0) is 19.4. The van der Waals surface area contributed by atoms with Crippen LogP contribution in [0.3, 0.4) is 0 Å². The molecular weight excluding hydrogens is 366 g/mol. The molecule has 3 heterocycles. The molecule has 1 aliphatic carbocycles. The van der Waals surface area contributed by atoms with Gasteiger partial charge in [0.15, 0.2) is 4.83 Å². The summed E-state index contributed by atoms with van der Waals surface area (Å²) in [7, 11) is 6.24. The summed E-state index contributed by atoms with van der Waals surface area (Å²) in [6, 6.07) is 8.60. The van der Waals surface area contributed by atoms with E-state index in [1.807, 2.05) is 15.9 Å². The molecule has 0 saturated carbocycles. The van der Waals surface area contributed by atoms with Crippen molar-refractivity contribution < 1.29 is 4.57 Å².